The third-order valence-electron chi connectivity index (χ3n) is 1.10. The Morgan fingerprint density at radius 2 is 1.40 bits per heavy atom. The van der Waals surface area contributed by atoms with Crippen LogP contribution in [0.1, 0.15) is 52.4 Å². The second-order valence-corrected chi connectivity index (χ2v) is 2.41. The highest BCUT2D eigenvalue weighted by atomic mass is 13.9. The van der Waals surface area contributed by atoms with Crippen LogP contribution in [0.5, 0.6) is 0 Å². The molecule has 62 valence electrons. The minimum atomic E-state index is 1.00. The molecule has 2 radical (unpaired) electrons. The Labute approximate surface area is 67.0 Å². The third kappa shape index (κ3) is 24.5. The van der Waals surface area contributed by atoms with Gasteiger partial charge in [0.1, 0.15) is 0 Å². The fourth-order valence-corrected chi connectivity index (χ4v) is 0.604. The molecule has 0 nitrogen and oxygen atoms in total. The van der Waals surface area contributed by atoms with E-state index in [0.717, 1.165) is 12.8 Å². The van der Waals surface area contributed by atoms with Gasteiger partial charge in [-0.25, -0.2) is 0 Å². The van der Waals surface area contributed by atoms with Gasteiger partial charge in [-0.1, -0.05) is 66.2 Å². The maximum Gasteiger partial charge on any atom is -0.0533 e. The van der Waals surface area contributed by atoms with Gasteiger partial charge < -0.3 is 0 Å². The van der Waals surface area contributed by atoms with Crippen LogP contribution in [0, 0.1) is 13.8 Å². The van der Waals surface area contributed by atoms with Crippen LogP contribution in [0.2, 0.25) is 0 Å². The molecule has 0 heteroatoms. The van der Waals surface area contributed by atoms with Crippen molar-refractivity contribution in [3.05, 3.63) is 13.8 Å². The van der Waals surface area contributed by atoms with Crippen LogP contribution in [0.15, 0.2) is 0 Å². The van der Waals surface area contributed by atoms with E-state index in [2.05, 4.69) is 20.8 Å². The van der Waals surface area contributed by atoms with E-state index in [1.165, 1.54) is 25.7 Å². The van der Waals surface area contributed by atoms with Crippen LogP contribution in [0.3, 0.4) is 0 Å². The van der Waals surface area contributed by atoms with Crippen LogP contribution in [0.25, 0.3) is 0 Å². The summed E-state index contributed by atoms with van der Waals surface area (Å²) in [5, 5.41) is 0. The SMILES string of the molecule is [CH2]CC.[CH2]CCCCCC. The van der Waals surface area contributed by atoms with Crippen molar-refractivity contribution >= 4 is 0 Å². The molecule has 10 heavy (non-hydrogen) atoms. The molecule has 0 amide bonds. The Morgan fingerprint density at radius 1 is 0.900 bits per heavy atom. The summed E-state index contributed by atoms with van der Waals surface area (Å²) in [7, 11) is 0. The minimum Gasteiger partial charge on any atom is -0.0654 e. The average molecular weight is 142 g/mol. The normalized spacial score (nSPS) is 8.40. The summed E-state index contributed by atoms with van der Waals surface area (Å²) in [6.45, 7) is 11.5. The molecule has 0 N–H and O–H groups in total. The number of hydrogen-bond donors (Lipinski definition) is 0. The molecule has 0 bridgehead atoms. The highest BCUT2D eigenvalue weighted by Crippen LogP contribution is 1.99. The first-order valence-corrected chi connectivity index (χ1v) is 4.41. The molecular formula is C10H22. The van der Waals surface area contributed by atoms with Crippen molar-refractivity contribution in [3.8, 4) is 0 Å². The van der Waals surface area contributed by atoms with Gasteiger partial charge in [-0.15, -0.1) is 0 Å². The molecule has 0 aliphatic rings. The summed E-state index contributed by atoms with van der Waals surface area (Å²) < 4.78 is 0. The molecule has 0 rings (SSSR count). The van der Waals surface area contributed by atoms with E-state index in [1.807, 2.05) is 6.92 Å². The minimum absolute atomic E-state index is 1.00. The van der Waals surface area contributed by atoms with Crippen molar-refractivity contribution < 1.29 is 0 Å². The molecule has 0 atom stereocenters. The summed E-state index contributed by atoms with van der Waals surface area (Å²) in [6.07, 6.45) is 7.52. The van der Waals surface area contributed by atoms with Crippen LogP contribution < -0.4 is 0 Å². The number of unbranched alkanes of at least 4 members (excludes halogenated alkanes) is 4. The largest absolute Gasteiger partial charge is 0.0654 e. The molecule has 0 spiro atoms. The zero-order chi connectivity index (χ0) is 8.24. The summed E-state index contributed by atoms with van der Waals surface area (Å²) in [6, 6.07) is 0. The summed E-state index contributed by atoms with van der Waals surface area (Å²) in [5.74, 6) is 0. The van der Waals surface area contributed by atoms with Gasteiger partial charge in [-0.3, -0.25) is 0 Å². The van der Waals surface area contributed by atoms with Gasteiger partial charge in [-0.05, 0) is 0 Å². The molecular weight excluding hydrogens is 120 g/mol. The third-order valence-corrected chi connectivity index (χ3v) is 1.10. The summed E-state index contributed by atoms with van der Waals surface area (Å²) in [5.41, 5.74) is 0. The van der Waals surface area contributed by atoms with Gasteiger partial charge in [0.15, 0.2) is 0 Å². The molecule has 0 fully saturated rings. The van der Waals surface area contributed by atoms with Crippen molar-refractivity contribution in [2.75, 3.05) is 0 Å². The maximum absolute atomic E-state index is 3.76. The van der Waals surface area contributed by atoms with Crippen LogP contribution in [-0.2, 0) is 0 Å². The number of hydrogen-bond acceptors (Lipinski definition) is 0. The van der Waals surface area contributed by atoms with E-state index in [0.29, 0.717) is 0 Å². The Balaban J connectivity index is 0. The summed E-state index contributed by atoms with van der Waals surface area (Å²) in [4.78, 5) is 0. The quantitative estimate of drug-likeness (QED) is 0.520. The Morgan fingerprint density at radius 3 is 1.70 bits per heavy atom. The molecule has 0 unspecified atom stereocenters. The maximum atomic E-state index is 3.76. The zero-order valence-corrected chi connectivity index (χ0v) is 7.66. The van der Waals surface area contributed by atoms with Gasteiger partial charge >= 0.3 is 0 Å². The summed E-state index contributed by atoms with van der Waals surface area (Å²) >= 11 is 0. The fraction of sp³-hybridized carbons (Fsp3) is 0.800. The lowest BCUT2D eigenvalue weighted by Gasteiger charge is -1.90. The number of rotatable bonds is 4. The monoisotopic (exact) mass is 142 g/mol. The Hall–Kier alpha value is 0. The zero-order valence-electron chi connectivity index (χ0n) is 7.66. The molecule has 0 heterocycles. The van der Waals surface area contributed by atoms with Crippen molar-refractivity contribution in [2.24, 2.45) is 0 Å². The highest BCUT2D eigenvalue weighted by molar-refractivity contribution is 4.41. The van der Waals surface area contributed by atoms with Crippen molar-refractivity contribution in [3.63, 3.8) is 0 Å². The van der Waals surface area contributed by atoms with Crippen LogP contribution in [0.4, 0.5) is 0 Å². The standard InChI is InChI=1S/C7H15.C3H7/c1-3-5-7-6-4-2;1-3-2/h1,3-7H2,2H3;1,3H2,2H3. The predicted octanol–water partition coefficient (Wildman–Crippen LogP) is 4.02. The first-order valence-electron chi connectivity index (χ1n) is 4.41. The van der Waals surface area contributed by atoms with E-state index in [-0.39, 0.29) is 0 Å². The molecule has 0 aliphatic heterocycles. The average Bonchev–Trinajstić information content (AvgIpc) is 1.91. The highest BCUT2D eigenvalue weighted by Gasteiger charge is 1.80. The molecule has 0 saturated carbocycles. The Bertz CT molecular complexity index is 27.0. The van der Waals surface area contributed by atoms with Gasteiger partial charge in [-0.2, -0.15) is 0 Å². The van der Waals surface area contributed by atoms with Crippen LogP contribution >= 0.6 is 0 Å². The molecule has 0 aliphatic carbocycles. The lowest BCUT2D eigenvalue weighted by atomic mass is 10.2. The van der Waals surface area contributed by atoms with E-state index >= 15 is 0 Å². The molecule has 0 aromatic carbocycles. The molecule has 0 saturated heterocycles. The van der Waals surface area contributed by atoms with Crippen molar-refractivity contribution in [1.29, 1.82) is 0 Å². The van der Waals surface area contributed by atoms with Crippen molar-refractivity contribution in [2.45, 2.75) is 52.4 Å². The van der Waals surface area contributed by atoms with Crippen LogP contribution in [-0.4, -0.2) is 0 Å². The lowest BCUT2D eigenvalue weighted by molar-refractivity contribution is 0.673. The first kappa shape index (κ1) is 12.7. The van der Waals surface area contributed by atoms with E-state index in [1.54, 1.807) is 0 Å². The second-order valence-electron chi connectivity index (χ2n) is 2.41. The Kier molecular flexibility index (Phi) is 20.2. The van der Waals surface area contributed by atoms with E-state index in [4.69, 9.17) is 0 Å². The van der Waals surface area contributed by atoms with Gasteiger partial charge in [0, 0.05) is 0 Å². The lowest BCUT2D eigenvalue weighted by Crippen LogP contribution is -1.71. The molecule has 0 aromatic rings. The van der Waals surface area contributed by atoms with Gasteiger partial charge in [0.05, 0.1) is 0 Å². The van der Waals surface area contributed by atoms with Gasteiger partial charge in [0.2, 0.25) is 0 Å². The van der Waals surface area contributed by atoms with E-state index < -0.39 is 0 Å². The predicted molar refractivity (Wildman–Crippen MR) is 49.8 cm³/mol. The smallest absolute Gasteiger partial charge is 0.0533 e. The fourth-order valence-electron chi connectivity index (χ4n) is 0.604. The van der Waals surface area contributed by atoms with E-state index in [9.17, 15) is 0 Å². The molecule has 0 aromatic heterocycles. The van der Waals surface area contributed by atoms with Gasteiger partial charge in [0.25, 0.3) is 0 Å². The topological polar surface area (TPSA) is 0 Å². The second kappa shape index (κ2) is 16.0. The van der Waals surface area contributed by atoms with Crippen molar-refractivity contribution in [1.82, 2.24) is 0 Å². The first-order chi connectivity index (χ1) is 4.83.